The van der Waals surface area contributed by atoms with Gasteiger partial charge < -0.3 is 5.73 Å². The lowest BCUT2D eigenvalue weighted by molar-refractivity contribution is -0.508. The molecule has 0 fully saturated rings. The predicted molar refractivity (Wildman–Crippen MR) is 61.0 cm³/mol. The van der Waals surface area contributed by atoms with Crippen LogP contribution in [0.3, 0.4) is 0 Å². The van der Waals surface area contributed by atoms with Crippen molar-refractivity contribution in [3.05, 3.63) is 33.9 Å². The van der Waals surface area contributed by atoms with Crippen LogP contribution in [0.15, 0.2) is 28.9 Å². The van der Waals surface area contributed by atoms with E-state index < -0.39 is 6.04 Å². The quantitative estimate of drug-likeness (QED) is 0.313. The molecule has 6 nitrogen and oxygen atoms in total. The van der Waals surface area contributed by atoms with E-state index in [2.05, 4.69) is 22.7 Å². The Hall–Kier alpha value is -1.76. The molecule has 0 spiro atoms. The molecule has 15 heavy (non-hydrogen) atoms. The molecule has 0 bridgehead atoms. The van der Waals surface area contributed by atoms with E-state index in [9.17, 15) is 10.1 Å². The maximum atomic E-state index is 10.4. The Balaban J connectivity index is 2.48. The molecular weight excluding hydrogens is 216 g/mol. The number of nitrogens with two attached hydrogens (primary N) is 1. The molecule has 0 aromatic rings. The highest BCUT2D eigenvalue weighted by Crippen LogP contribution is 2.10. The summed E-state index contributed by atoms with van der Waals surface area (Å²) in [6, 6.07) is -0.634. The van der Waals surface area contributed by atoms with Gasteiger partial charge in [-0.25, -0.2) is 0 Å². The first-order valence-electron chi connectivity index (χ1n) is 4.20. The van der Waals surface area contributed by atoms with Crippen LogP contribution < -0.4 is 11.2 Å². The number of nitro groups is 1. The van der Waals surface area contributed by atoms with Crippen molar-refractivity contribution in [3.8, 4) is 0 Å². The summed E-state index contributed by atoms with van der Waals surface area (Å²) in [6.45, 7) is 0. The number of nitrogens with one attached hydrogen (secondary N) is 1. The van der Waals surface area contributed by atoms with Gasteiger partial charge in [0.25, 0.3) is 0 Å². The molecule has 7 heteroatoms. The van der Waals surface area contributed by atoms with Crippen molar-refractivity contribution in [2.75, 3.05) is 0 Å². The van der Waals surface area contributed by atoms with Crippen molar-refractivity contribution in [2.24, 2.45) is 10.8 Å². The molecule has 0 amide bonds. The molecule has 0 aliphatic heterocycles. The van der Waals surface area contributed by atoms with Crippen LogP contribution in [0.4, 0.5) is 0 Å². The minimum absolute atomic E-state index is 0.0785. The van der Waals surface area contributed by atoms with E-state index in [1.165, 1.54) is 12.3 Å². The number of thiocarbonyl (C=S) groups is 1. The van der Waals surface area contributed by atoms with Gasteiger partial charge in [0.1, 0.15) is 0 Å². The summed E-state index contributed by atoms with van der Waals surface area (Å²) in [6.07, 6.45) is 6.78. The second-order valence-electron chi connectivity index (χ2n) is 2.89. The molecule has 1 unspecified atom stereocenters. The van der Waals surface area contributed by atoms with Crippen LogP contribution >= 0.6 is 12.2 Å². The zero-order valence-corrected chi connectivity index (χ0v) is 8.61. The van der Waals surface area contributed by atoms with E-state index in [0.29, 0.717) is 6.42 Å². The summed E-state index contributed by atoms with van der Waals surface area (Å²) in [7, 11) is 0. The van der Waals surface area contributed by atoms with Crippen LogP contribution in [0.2, 0.25) is 0 Å². The summed E-state index contributed by atoms with van der Waals surface area (Å²) in [5, 5.41) is 14.2. The molecule has 0 aromatic carbocycles. The SMILES string of the molecule is NC(=S)N/N=C/C1=CCC([N+](=O)[O-])C=C1. The highest BCUT2D eigenvalue weighted by atomic mass is 32.1. The first-order chi connectivity index (χ1) is 7.09. The van der Waals surface area contributed by atoms with E-state index in [1.54, 1.807) is 12.2 Å². The van der Waals surface area contributed by atoms with Crippen LogP contribution in [-0.2, 0) is 0 Å². The number of hydrazone groups is 1. The molecular formula is C8H10N4O2S. The topological polar surface area (TPSA) is 93.5 Å². The second kappa shape index (κ2) is 5.20. The molecule has 0 heterocycles. The third-order valence-corrected chi connectivity index (χ3v) is 1.86. The number of hydrogen-bond acceptors (Lipinski definition) is 4. The number of rotatable bonds is 3. The van der Waals surface area contributed by atoms with Crippen molar-refractivity contribution in [1.29, 1.82) is 0 Å². The lowest BCUT2D eigenvalue weighted by Crippen LogP contribution is -2.24. The van der Waals surface area contributed by atoms with Crippen molar-refractivity contribution < 1.29 is 4.92 Å². The van der Waals surface area contributed by atoms with Crippen LogP contribution in [0.1, 0.15) is 6.42 Å². The van der Waals surface area contributed by atoms with Gasteiger partial charge in [0.05, 0.1) is 6.21 Å². The van der Waals surface area contributed by atoms with Gasteiger partial charge in [0, 0.05) is 11.3 Å². The van der Waals surface area contributed by atoms with Gasteiger partial charge in [0.15, 0.2) is 5.11 Å². The molecule has 0 aromatic heterocycles. The summed E-state index contributed by atoms with van der Waals surface area (Å²) in [4.78, 5) is 10.1. The van der Waals surface area contributed by atoms with Gasteiger partial charge in [-0.05, 0) is 23.9 Å². The van der Waals surface area contributed by atoms with Crippen molar-refractivity contribution >= 4 is 23.5 Å². The highest BCUT2D eigenvalue weighted by molar-refractivity contribution is 7.80. The Morgan fingerprint density at radius 2 is 2.60 bits per heavy atom. The Morgan fingerprint density at radius 3 is 3.07 bits per heavy atom. The smallest absolute Gasteiger partial charge is 0.235 e. The fraction of sp³-hybridized carbons (Fsp3) is 0.250. The van der Waals surface area contributed by atoms with Crippen molar-refractivity contribution in [3.63, 3.8) is 0 Å². The number of hydrogen-bond donors (Lipinski definition) is 2. The molecule has 1 aliphatic carbocycles. The summed E-state index contributed by atoms with van der Waals surface area (Å²) in [5.41, 5.74) is 8.34. The van der Waals surface area contributed by atoms with Crippen LogP contribution in [0, 0.1) is 10.1 Å². The van der Waals surface area contributed by atoms with Crippen LogP contribution in [-0.4, -0.2) is 22.3 Å². The van der Waals surface area contributed by atoms with Gasteiger partial charge in [0.2, 0.25) is 6.04 Å². The highest BCUT2D eigenvalue weighted by Gasteiger charge is 2.17. The third kappa shape index (κ3) is 3.86. The van der Waals surface area contributed by atoms with Gasteiger partial charge in [-0.2, -0.15) is 5.10 Å². The first-order valence-corrected chi connectivity index (χ1v) is 4.61. The van der Waals surface area contributed by atoms with Gasteiger partial charge >= 0.3 is 0 Å². The van der Waals surface area contributed by atoms with Crippen LogP contribution in [0.25, 0.3) is 0 Å². The van der Waals surface area contributed by atoms with Crippen molar-refractivity contribution in [1.82, 2.24) is 5.43 Å². The molecule has 80 valence electrons. The zero-order valence-electron chi connectivity index (χ0n) is 7.79. The maximum absolute atomic E-state index is 10.4. The lowest BCUT2D eigenvalue weighted by Gasteiger charge is -2.06. The standard InChI is InChI=1S/C8H10N4O2S/c9-8(15)11-10-5-6-1-3-7(4-2-6)12(13)14/h1-3,5,7H,4H2,(H3,9,11,15)/b10-5+. The van der Waals surface area contributed by atoms with Crippen LogP contribution in [0.5, 0.6) is 0 Å². The Kier molecular flexibility index (Phi) is 3.92. The van der Waals surface area contributed by atoms with E-state index in [4.69, 9.17) is 5.73 Å². The van der Waals surface area contributed by atoms with E-state index in [1.807, 2.05) is 0 Å². The Labute approximate surface area is 91.7 Å². The van der Waals surface area contributed by atoms with E-state index >= 15 is 0 Å². The maximum Gasteiger partial charge on any atom is 0.235 e. The third-order valence-electron chi connectivity index (χ3n) is 1.77. The average Bonchev–Trinajstić information content (AvgIpc) is 2.18. The fourth-order valence-corrected chi connectivity index (χ4v) is 1.10. The zero-order chi connectivity index (χ0) is 11.3. The number of allylic oxidation sites excluding steroid dienone is 2. The molecule has 0 radical (unpaired) electrons. The minimum Gasteiger partial charge on any atom is -0.375 e. The number of nitrogens with zero attached hydrogens (tertiary/aromatic N) is 2. The van der Waals surface area contributed by atoms with Gasteiger partial charge in [-0.3, -0.25) is 15.5 Å². The summed E-state index contributed by atoms with van der Waals surface area (Å²) < 4.78 is 0. The normalized spacial score (nSPS) is 20.0. The van der Waals surface area contributed by atoms with E-state index in [-0.39, 0.29) is 10.0 Å². The molecule has 3 N–H and O–H groups in total. The van der Waals surface area contributed by atoms with Gasteiger partial charge in [-0.1, -0.05) is 12.2 Å². The first kappa shape index (κ1) is 11.3. The lowest BCUT2D eigenvalue weighted by atomic mass is 10.0. The van der Waals surface area contributed by atoms with Gasteiger partial charge in [-0.15, -0.1) is 0 Å². The fourth-order valence-electron chi connectivity index (χ4n) is 1.05. The summed E-state index contributed by atoms with van der Waals surface area (Å²) >= 11 is 4.54. The molecule has 1 atom stereocenters. The molecule has 1 rings (SSSR count). The molecule has 0 saturated heterocycles. The van der Waals surface area contributed by atoms with Crippen molar-refractivity contribution in [2.45, 2.75) is 12.5 Å². The Bertz CT molecular complexity index is 358. The predicted octanol–water partition coefficient (Wildman–Crippen LogP) is 0.337. The molecule has 1 aliphatic rings. The minimum atomic E-state index is -0.634. The van der Waals surface area contributed by atoms with E-state index in [0.717, 1.165) is 5.57 Å². The molecule has 0 saturated carbocycles. The average molecular weight is 226 g/mol. The monoisotopic (exact) mass is 226 g/mol. The largest absolute Gasteiger partial charge is 0.375 e. The summed E-state index contributed by atoms with van der Waals surface area (Å²) in [5.74, 6) is 0. The second-order valence-corrected chi connectivity index (χ2v) is 3.33. The Morgan fingerprint density at radius 1 is 1.87 bits per heavy atom.